The van der Waals surface area contributed by atoms with Gasteiger partial charge in [-0.05, 0) is 44.6 Å². The number of carbonyl (C=O) groups is 1. The molecule has 138 valence electrons. The van der Waals surface area contributed by atoms with Gasteiger partial charge >= 0.3 is 0 Å². The maximum Gasteiger partial charge on any atom is 0.252 e. The van der Waals surface area contributed by atoms with Gasteiger partial charge in [-0.25, -0.2) is 0 Å². The Labute approximate surface area is 159 Å². The van der Waals surface area contributed by atoms with Crippen LogP contribution in [-0.2, 0) is 0 Å². The van der Waals surface area contributed by atoms with E-state index in [1.54, 1.807) is 18.2 Å². The molecule has 1 aromatic rings. The molecule has 1 fully saturated rings. The van der Waals surface area contributed by atoms with Crippen molar-refractivity contribution in [1.29, 1.82) is 0 Å². The lowest BCUT2D eigenvalue weighted by atomic mass is 10.1. The van der Waals surface area contributed by atoms with E-state index < -0.39 is 0 Å². The van der Waals surface area contributed by atoms with E-state index in [0.29, 0.717) is 23.7 Å². The number of nitrogens with one attached hydrogen (secondary N) is 3. The van der Waals surface area contributed by atoms with Crippen LogP contribution in [0.5, 0.6) is 0 Å². The lowest BCUT2D eigenvalue weighted by molar-refractivity contribution is 0.0954. The summed E-state index contributed by atoms with van der Waals surface area (Å²) in [7, 11) is 0. The predicted octanol–water partition coefficient (Wildman–Crippen LogP) is 2.91. The fraction of sp³-hybridized carbons (Fsp3) is 0.556. The van der Waals surface area contributed by atoms with E-state index in [-0.39, 0.29) is 10.7 Å². The summed E-state index contributed by atoms with van der Waals surface area (Å²) in [6.07, 6.45) is 2.49. The van der Waals surface area contributed by atoms with E-state index in [0.717, 1.165) is 19.0 Å². The molecule has 0 spiro atoms. The quantitative estimate of drug-likeness (QED) is 0.385. The molecule has 0 aliphatic carbocycles. The lowest BCUT2D eigenvalue weighted by Gasteiger charge is -2.21. The molecule has 2 rings (SSSR count). The number of halogens is 1. The van der Waals surface area contributed by atoms with Crippen LogP contribution in [0.1, 0.15) is 37.0 Å². The molecule has 0 aromatic heterocycles. The fourth-order valence-corrected chi connectivity index (χ4v) is 4.09. The molecule has 1 aromatic carbocycles. The number of aliphatic imine (C=N–C) groups is 1. The first-order chi connectivity index (χ1) is 12.0. The summed E-state index contributed by atoms with van der Waals surface area (Å²) in [5, 5.41) is 9.85. The zero-order valence-electron chi connectivity index (χ0n) is 14.9. The summed E-state index contributed by atoms with van der Waals surface area (Å²) in [4.78, 5) is 16.8. The minimum atomic E-state index is -0.163. The molecule has 1 heterocycles. The van der Waals surface area contributed by atoms with Crippen molar-refractivity contribution in [3.8, 4) is 0 Å². The smallest absolute Gasteiger partial charge is 0.252 e. The van der Waals surface area contributed by atoms with Gasteiger partial charge < -0.3 is 16.0 Å². The Morgan fingerprint density at radius 3 is 2.72 bits per heavy atom. The summed E-state index contributed by atoms with van der Waals surface area (Å²) < 4.78 is 0.251. The van der Waals surface area contributed by atoms with Crippen molar-refractivity contribution in [2.75, 3.05) is 31.9 Å². The molecule has 1 amide bonds. The van der Waals surface area contributed by atoms with Crippen molar-refractivity contribution < 1.29 is 4.79 Å². The molecule has 3 N–H and O–H groups in total. The maximum absolute atomic E-state index is 12.1. The fourth-order valence-electron chi connectivity index (χ4n) is 2.65. The second-order valence-corrected chi connectivity index (χ2v) is 8.35. The van der Waals surface area contributed by atoms with E-state index in [4.69, 9.17) is 16.6 Å². The molecule has 7 heteroatoms. The first kappa shape index (κ1) is 19.9. The van der Waals surface area contributed by atoms with Crippen LogP contribution in [0, 0.1) is 0 Å². The first-order valence-corrected chi connectivity index (χ1v) is 10.1. The highest BCUT2D eigenvalue weighted by atomic mass is 35.5. The van der Waals surface area contributed by atoms with Gasteiger partial charge in [0.25, 0.3) is 5.91 Å². The Bertz CT molecular complexity index is 602. The number of nitrogens with zero attached hydrogens (tertiary/aromatic N) is 1. The molecule has 0 saturated carbocycles. The van der Waals surface area contributed by atoms with Crippen LogP contribution in [0.4, 0.5) is 0 Å². The number of thioether (sulfide) groups is 1. The van der Waals surface area contributed by atoms with Gasteiger partial charge in [0.2, 0.25) is 0 Å². The highest BCUT2D eigenvalue weighted by molar-refractivity contribution is 8.00. The number of rotatable bonds is 7. The molecular formula is C18H27ClN4OS. The van der Waals surface area contributed by atoms with E-state index in [9.17, 15) is 4.79 Å². The van der Waals surface area contributed by atoms with Gasteiger partial charge in [-0.15, -0.1) is 0 Å². The first-order valence-electron chi connectivity index (χ1n) is 8.73. The zero-order chi connectivity index (χ0) is 18.1. The highest BCUT2D eigenvalue weighted by Gasteiger charge is 2.29. The summed E-state index contributed by atoms with van der Waals surface area (Å²) in [6.45, 7) is 7.04. The van der Waals surface area contributed by atoms with Gasteiger partial charge in [0.1, 0.15) is 0 Å². The third-order valence-electron chi connectivity index (χ3n) is 4.04. The molecule has 1 unspecified atom stereocenters. The van der Waals surface area contributed by atoms with Gasteiger partial charge in [-0.2, -0.15) is 11.8 Å². The molecule has 1 aliphatic heterocycles. The SMILES string of the molecule is CCNC(=NCC1(C)CCCS1)NCCNC(=O)c1ccccc1Cl. The van der Waals surface area contributed by atoms with Crippen molar-refractivity contribution >= 4 is 35.2 Å². The van der Waals surface area contributed by atoms with Gasteiger partial charge in [-0.3, -0.25) is 9.79 Å². The molecule has 1 saturated heterocycles. The van der Waals surface area contributed by atoms with Gasteiger partial charge in [-0.1, -0.05) is 23.7 Å². The highest BCUT2D eigenvalue weighted by Crippen LogP contribution is 2.37. The average Bonchev–Trinajstić information content (AvgIpc) is 3.03. The Morgan fingerprint density at radius 2 is 2.04 bits per heavy atom. The number of carbonyl (C=O) groups excluding carboxylic acids is 1. The largest absolute Gasteiger partial charge is 0.357 e. The Morgan fingerprint density at radius 1 is 1.28 bits per heavy atom. The summed E-state index contributed by atoms with van der Waals surface area (Å²) in [5.41, 5.74) is 0.496. The molecule has 1 aliphatic rings. The van der Waals surface area contributed by atoms with E-state index >= 15 is 0 Å². The van der Waals surface area contributed by atoms with Gasteiger partial charge in [0, 0.05) is 24.4 Å². The normalized spacial score (nSPS) is 20.4. The Kier molecular flexibility index (Phi) is 7.90. The van der Waals surface area contributed by atoms with Crippen LogP contribution >= 0.6 is 23.4 Å². The Hall–Kier alpha value is -1.40. The van der Waals surface area contributed by atoms with Crippen molar-refractivity contribution in [3.63, 3.8) is 0 Å². The summed E-state index contributed by atoms with van der Waals surface area (Å²) in [5.74, 6) is 1.86. The second-order valence-electron chi connectivity index (χ2n) is 6.26. The lowest BCUT2D eigenvalue weighted by Crippen LogP contribution is -2.42. The maximum atomic E-state index is 12.1. The standard InChI is InChI=1S/C18H27ClN4OS/c1-3-20-17(23-13-18(2)9-6-12-25-18)22-11-10-21-16(24)14-7-4-5-8-15(14)19/h4-5,7-8H,3,6,9-13H2,1-2H3,(H,21,24)(H2,20,22,23). The monoisotopic (exact) mass is 382 g/mol. The zero-order valence-corrected chi connectivity index (χ0v) is 16.5. The van der Waals surface area contributed by atoms with Gasteiger partial charge in [0.05, 0.1) is 17.1 Å². The number of guanidine groups is 1. The minimum Gasteiger partial charge on any atom is -0.357 e. The van der Waals surface area contributed by atoms with Gasteiger partial charge in [0.15, 0.2) is 5.96 Å². The van der Waals surface area contributed by atoms with Crippen LogP contribution in [0.25, 0.3) is 0 Å². The molecular weight excluding hydrogens is 356 g/mol. The van der Waals surface area contributed by atoms with E-state index in [2.05, 4.69) is 22.9 Å². The van der Waals surface area contributed by atoms with Crippen molar-refractivity contribution in [1.82, 2.24) is 16.0 Å². The van der Waals surface area contributed by atoms with Crippen molar-refractivity contribution in [2.24, 2.45) is 4.99 Å². The topological polar surface area (TPSA) is 65.5 Å². The number of hydrogen-bond donors (Lipinski definition) is 3. The van der Waals surface area contributed by atoms with E-state index in [1.165, 1.54) is 18.6 Å². The van der Waals surface area contributed by atoms with Crippen LogP contribution in [0.2, 0.25) is 5.02 Å². The molecule has 0 radical (unpaired) electrons. The Balaban J connectivity index is 1.77. The number of hydrogen-bond acceptors (Lipinski definition) is 3. The third kappa shape index (κ3) is 6.44. The number of amides is 1. The molecule has 5 nitrogen and oxygen atoms in total. The summed E-state index contributed by atoms with van der Waals surface area (Å²) in [6, 6.07) is 7.04. The summed E-state index contributed by atoms with van der Waals surface area (Å²) >= 11 is 8.04. The number of benzene rings is 1. The van der Waals surface area contributed by atoms with Crippen LogP contribution in [-0.4, -0.2) is 48.5 Å². The van der Waals surface area contributed by atoms with Crippen molar-refractivity contribution in [2.45, 2.75) is 31.4 Å². The van der Waals surface area contributed by atoms with Crippen LogP contribution in [0.15, 0.2) is 29.3 Å². The average molecular weight is 383 g/mol. The third-order valence-corrected chi connectivity index (χ3v) is 5.89. The minimum absolute atomic E-state index is 0.163. The second kappa shape index (κ2) is 9.92. The molecule has 25 heavy (non-hydrogen) atoms. The van der Waals surface area contributed by atoms with E-state index in [1.807, 2.05) is 24.8 Å². The van der Waals surface area contributed by atoms with Crippen molar-refractivity contribution in [3.05, 3.63) is 34.9 Å². The molecule has 0 bridgehead atoms. The van der Waals surface area contributed by atoms with Crippen LogP contribution in [0.3, 0.4) is 0 Å². The van der Waals surface area contributed by atoms with Crippen LogP contribution < -0.4 is 16.0 Å². The molecule has 1 atom stereocenters. The predicted molar refractivity (Wildman–Crippen MR) is 108 cm³/mol.